The monoisotopic (exact) mass is 378 g/mol. The smallest absolute Gasteiger partial charge is 0.0526 e. The average Bonchev–Trinajstić information content (AvgIpc) is 2.29. The van der Waals surface area contributed by atoms with Gasteiger partial charge in [-0.3, -0.25) is 0 Å². The highest BCUT2D eigenvalue weighted by molar-refractivity contribution is 9.13. The van der Waals surface area contributed by atoms with Crippen molar-refractivity contribution in [2.75, 3.05) is 6.54 Å². The van der Waals surface area contributed by atoms with Gasteiger partial charge in [0.1, 0.15) is 0 Å². The first-order valence-corrected chi connectivity index (χ1v) is 7.61. The molecule has 0 amide bonds. The van der Waals surface area contributed by atoms with Crippen molar-refractivity contribution in [1.82, 2.24) is 5.32 Å². The van der Waals surface area contributed by atoms with Gasteiger partial charge in [0.15, 0.2) is 0 Å². The van der Waals surface area contributed by atoms with E-state index >= 15 is 0 Å². The van der Waals surface area contributed by atoms with Crippen LogP contribution in [0.4, 0.5) is 0 Å². The van der Waals surface area contributed by atoms with Gasteiger partial charge < -0.3 is 16.2 Å². The van der Waals surface area contributed by atoms with Crippen molar-refractivity contribution in [1.29, 1.82) is 0 Å². The molecule has 1 aromatic rings. The largest absolute Gasteiger partial charge is 0.393 e. The van der Waals surface area contributed by atoms with Gasteiger partial charge in [-0.1, -0.05) is 6.07 Å². The summed E-state index contributed by atoms with van der Waals surface area (Å²) in [5.74, 6) is 0. The molecule has 4 N–H and O–H groups in total. The van der Waals surface area contributed by atoms with Crippen molar-refractivity contribution >= 4 is 31.9 Å². The number of aliphatic hydroxyl groups excluding tert-OH is 1. The predicted octanol–water partition coefficient (Wildman–Crippen LogP) is 2.96. The Hall–Kier alpha value is 0.0600. The standard InChI is InChI=1S/C13H20Br2N2O/c1-8(5-9(2)18)17-13(7-16)10-3-4-11(14)12(15)6-10/h3-4,6,8-9,13,17-18H,5,7,16H2,1-2H3. The van der Waals surface area contributed by atoms with Gasteiger partial charge in [0.05, 0.1) is 6.10 Å². The predicted molar refractivity (Wildman–Crippen MR) is 82.5 cm³/mol. The molecule has 1 rings (SSSR count). The van der Waals surface area contributed by atoms with Gasteiger partial charge in [0.2, 0.25) is 0 Å². The molecule has 0 spiro atoms. The van der Waals surface area contributed by atoms with Crippen LogP contribution in [0, 0.1) is 0 Å². The Morgan fingerprint density at radius 2 is 1.94 bits per heavy atom. The number of benzene rings is 1. The lowest BCUT2D eigenvalue weighted by atomic mass is 10.0. The Bertz CT molecular complexity index is 385. The first kappa shape index (κ1) is 16.1. The molecule has 1 aromatic carbocycles. The summed E-state index contributed by atoms with van der Waals surface area (Å²) in [6, 6.07) is 6.44. The summed E-state index contributed by atoms with van der Waals surface area (Å²) in [5.41, 5.74) is 6.96. The van der Waals surface area contributed by atoms with Crippen LogP contribution in [0.5, 0.6) is 0 Å². The summed E-state index contributed by atoms with van der Waals surface area (Å²) in [6.45, 7) is 4.38. The van der Waals surface area contributed by atoms with E-state index < -0.39 is 0 Å². The minimum atomic E-state index is -0.303. The summed E-state index contributed by atoms with van der Waals surface area (Å²) < 4.78 is 2.04. The van der Waals surface area contributed by atoms with E-state index in [1.54, 1.807) is 6.92 Å². The molecule has 0 heterocycles. The molecular weight excluding hydrogens is 360 g/mol. The molecule has 0 radical (unpaired) electrons. The zero-order valence-corrected chi connectivity index (χ0v) is 13.8. The van der Waals surface area contributed by atoms with Gasteiger partial charge in [0, 0.05) is 27.6 Å². The van der Waals surface area contributed by atoms with Gasteiger partial charge in [0.25, 0.3) is 0 Å². The highest BCUT2D eigenvalue weighted by atomic mass is 79.9. The third-order valence-corrected chi connectivity index (χ3v) is 4.64. The second kappa shape index (κ2) is 7.60. The maximum absolute atomic E-state index is 9.37. The molecule has 0 aliphatic rings. The van der Waals surface area contributed by atoms with Crippen molar-refractivity contribution < 1.29 is 5.11 Å². The number of aliphatic hydroxyl groups is 1. The molecule has 0 saturated carbocycles. The van der Waals surface area contributed by atoms with Gasteiger partial charge in [-0.15, -0.1) is 0 Å². The minimum absolute atomic E-state index is 0.100. The van der Waals surface area contributed by atoms with E-state index in [0.717, 1.165) is 14.5 Å². The molecule has 5 heteroatoms. The van der Waals surface area contributed by atoms with E-state index in [2.05, 4.69) is 56.2 Å². The maximum Gasteiger partial charge on any atom is 0.0526 e. The van der Waals surface area contributed by atoms with E-state index in [0.29, 0.717) is 13.0 Å². The molecule has 0 bridgehead atoms. The molecule has 18 heavy (non-hydrogen) atoms. The van der Waals surface area contributed by atoms with Gasteiger partial charge in [-0.25, -0.2) is 0 Å². The Labute approximate surface area is 125 Å². The summed E-state index contributed by atoms with van der Waals surface area (Å²) in [4.78, 5) is 0. The second-order valence-corrected chi connectivity index (χ2v) is 6.32. The number of rotatable bonds is 6. The van der Waals surface area contributed by atoms with E-state index in [4.69, 9.17) is 5.73 Å². The topological polar surface area (TPSA) is 58.3 Å². The van der Waals surface area contributed by atoms with Gasteiger partial charge in [-0.05, 0) is 69.8 Å². The third kappa shape index (κ3) is 4.97. The van der Waals surface area contributed by atoms with Crippen LogP contribution in [0.15, 0.2) is 27.1 Å². The zero-order chi connectivity index (χ0) is 13.7. The number of nitrogens with two attached hydrogens (primary N) is 1. The lowest BCUT2D eigenvalue weighted by Gasteiger charge is -2.23. The zero-order valence-electron chi connectivity index (χ0n) is 10.7. The van der Waals surface area contributed by atoms with Crippen LogP contribution in [0.25, 0.3) is 0 Å². The number of hydrogen-bond donors (Lipinski definition) is 3. The van der Waals surface area contributed by atoms with Gasteiger partial charge >= 0.3 is 0 Å². The highest BCUT2D eigenvalue weighted by Gasteiger charge is 2.15. The van der Waals surface area contributed by atoms with Crippen molar-refractivity contribution in [3.8, 4) is 0 Å². The molecular formula is C13H20Br2N2O. The maximum atomic E-state index is 9.37. The quantitative estimate of drug-likeness (QED) is 0.712. The molecule has 3 nitrogen and oxygen atoms in total. The SMILES string of the molecule is CC(O)CC(C)NC(CN)c1ccc(Br)c(Br)c1. The fraction of sp³-hybridized carbons (Fsp3) is 0.538. The molecule has 3 atom stereocenters. The lowest BCUT2D eigenvalue weighted by Crippen LogP contribution is -2.36. The van der Waals surface area contributed by atoms with Crippen LogP contribution in [-0.2, 0) is 0 Å². The van der Waals surface area contributed by atoms with Crippen LogP contribution >= 0.6 is 31.9 Å². The Kier molecular flexibility index (Phi) is 6.81. The Morgan fingerprint density at radius 3 is 2.44 bits per heavy atom. The van der Waals surface area contributed by atoms with E-state index in [9.17, 15) is 5.11 Å². The van der Waals surface area contributed by atoms with Crippen molar-refractivity contribution in [3.63, 3.8) is 0 Å². The lowest BCUT2D eigenvalue weighted by molar-refractivity contribution is 0.168. The van der Waals surface area contributed by atoms with Crippen LogP contribution in [0.2, 0.25) is 0 Å². The van der Waals surface area contributed by atoms with E-state index in [1.165, 1.54) is 0 Å². The number of nitrogens with one attached hydrogen (secondary N) is 1. The first-order chi connectivity index (χ1) is 8.43. The highest BCUT2D eigenvalue weighted by Crippen LogP contribution is 2.26. The fourth-order valence-corrected chi connectivity index (χ4v) is 2.60. The summed E-state index contributed by atoms with van der Waals surface area (Å²) in [7, 11) is 0. The summed E-state index contributed by atoms with van der Waals surface area (Å²) >= 11 is 6.95. The van der Waals surface area contributed by atoms with Crippen molar-refractivity contribution in [2.24, 2.45) is 5.73 Å². The molecule has 0 saturated heterocycles. The molecule has 102 valence electrons. The average molecular weight is 380 g/mol. The van der Waals surface area contributed by atoms with Crippen LogP contribution in [0.1, 0.15) is 31.9 Å². The molecule has 3 unspecified atom stereocenters. The third-order valence-electron chi connectivity index (χ3n) is 2.76. The van der Waals surface area contributed by atoms with E-state index in [1.807, 2.05) is 6.07 Å². The summed E-state index contributed by atoms with van der Waals surface area (Å²) in [5, 5.41) is 12.8. The van der Waals surface area contributed by atoms with Crippen molar-refractivity contribution in [3.05, 3.63) is 32.7 Å². The Morgan fingerprint density at radius 1 is 1.28 bits per heavy atom. The summed E-state index contributed by atoms with van der Waals surface area (Å²) in [6.07, 6.45) is 0.413. The second-order valence-electron chi connectivity index (χ2n) is 4.61. The van der Waals surface area contributed by atoms with Crippen LogP contribution in [-0.4, -0.2) is 23.8 Å². The number of hydrogen-bond acceptors (Lipinski definition) is 3. The first-order valence-electron chi connectivity index (χ1n) is 6.03. The van der Waals surface area contributed by atoms with Crippen molar-refractivity contribution in [2.45, 2.75) is 38.5 Å². The molecule has 0 fully saturated rings. The molecule has 0 aliphatic heterocycles. The minimum Gasteiger partial charge on any atom is -0.393 e. The normalized spacial score (nSPS) is 16.3. The molecule has 0 aliphatic carbocycles. The van der Waals surface area contributed by atoms with E-state index in [-0.39, 0.29) is 18.2 Å². The number of halogens is 2. The van der Waals surface area contributed by atoms with Crippen LogP contribution < -0.4 is 11.1 Å². The van der Waals surface area contributed by atoms with Crippen LogP contribution in [0.3, 0.4) is 0 Å². The Balaban J connectivity index is 2.73. The fourth-order valence-electron chi connectivity index (χ4n) is 1.95. The molecule has 0 aromatic heterocycles. The van der Waals surface area contributed by atoms with Gasteiger partial charge in [-0.2, -0.15) is 0 Å².